The first-order valence-corrected chi connectivity index (χ1v) is 12.8. The number of carbonyl (C=O) groups is 2. The third-order valence-corrected chi connectivity index (χ3v) is 7.56. The van der Waals surface area contributed by atoms with Gasteiger partial charge in [0.25, 0.3) is 0 Å². The molecule has 0 aliphatic heterocycles. The summed E-state index contributed by atoms with van der Waals surface area (Å²) in [5.74, 6) is 0.498. The summed E-state index contributed by atoms with van der Waals surface area (Å²) in [4.78, 5) is 28.9. The molecular weight excluding hydrogens is 463 g/mol. The molecule has 1 atom stereocenters. The summed E-state index contributed by atoms with van der Waals surface area (Å²) < 4.78 is 0. The Bertz CT molecular complexity index is 930. The first-order chi connectivity index (χ1) is 15.3. The van der Waals surface area contributed by atoms with Crippen molar-refractivity contribution in [2.75, 3.05) is 5.75 Å². The van der Waals surface area contributed by atoms with Crippen LogP contribution in [0, 0.1) is 6.92 Å². The molecule has 1 aliphatic carbocycles. The van der Waals surface area contributed by atoms with Crippen LogP contribution in [-0.2, 0) is 16.1 Å². The van der Waals surface area contributed by atoms with Gasteiger partial charge in [-0.3, -0.25) is 9.59 Å². The fourth-order valence-electron chi connectivity index (χ4n) is 3.84. The molecule has 0 unspecified atom stereocenters. The highest BCUT2D eigenvalue weighted by Gasteiger charge is 2.28. The summed E-state index contributed by atoms with van der Waals surface area (Å²) in [6.07, 6.45) is 4.64. The average Bonchev–Trinajstić information content (AvgIpc) is 3.28. The molecule has 0 saturated heterocycles. The van der Waals surface area contributed by atoms with Crippen molar-refractivity contribution in [3.8, 4) is 0 Å². The van der Waals surface area contributed by atoms with Crippen molar-refractivity contribution >= 4 is 46.8 Å². The quantitative estimate of drug-likeness (QED) is 0.420. The second-order valence-corrected chi connectivity index (χ2v) is 10.3. The normalized spacial score (nSPS) is 14.9. The fourth-order valence-corrected chi connectivity index (χ4v) is 5.01. The minimum Gasteiger partial charge on any atom is -0.352 e. The van der Waals surface area contributed by atoms with Crippen LogP contribution in [0.3, 0.4) is 0 Å². The molecule has 1 N–H and O–H groups in total. The van der Waals surface area contributed by atoms with E-state index in [0.29, 0.717) is 28.8 Å². The summed E-state index contributed by atoms with van der Waals surface area (Å²) in [7, 11) is 0. The van der Waals surface area contributed by atoms with E-state index in [0.717, 1.165) is 36.1 Å². The van der Waals surface area contributed by atoms with Gasteiger partial charge >= 0.3 is 0 Å². The van der Waals surface area contributed by atoms with E-state index in [1.807, 2.05) is 6.07 Å². The molecule has 2 amide bonds. The molecule has 0 spiro atoms. The van der Waals surface area contributed by atoms with Crippen LogP contribution in [0.1, 0.15) is 50.2 Å². The first-order valence-electron chi connectivity index (χ1n) is 11.1. The molecule has 0 heterocycles. The van der Waals surface area contributed by atoms with Gasteiger partial charge < -0.3 is 10.2 Å². The summed E-state index contributed by atoms with van der Waals surface area (Å²) in [6, 6.07) is 13.2. The summed E-state index contributed by atoms with van der Waals surface area (Å²) in [5, 5.41) is 4.03. The minimum absolute atomic E-state index is 0.0512. The zero-order valence-corrected chi connectivity index (χ0v) is 20.9. The number of halogens is 2. The molecule has 32 heavy (non-hydrogen) atoms. The topological polar surface area (TPSA) is 49.4 Å². The summed E-state index contributed by atoms with van der Waals surface area (Å²) in [6.45, 7) is 4.16. The molecule has 0 bridgehead atoms. The number of hydrogen-bond acceptors (Lipinski definition) is 3. The molecule has 7 heteroatoms. The lowest BCUT2D eigenvalue weighted by Crippen LogP contribution is -2.49. The van der Waals surface area contributed by atoms with E-state index in [1.54, 1.807) is 35.7 Å². The highest BCUT2D eigenvalue weighted by molar-refractivity contribution is 7.99. The van der Waals surface area contributed by atoms with Crippen LogP contribution >= 0.6 is 35.0 Å². The van der Waals surface area contributed by atoms with Crippen molar-refractivity contribution in [2.24, 2.45) is 0 Å². The van der Waals surface area contributed by atoms with Gasteiger partial charge in [0.1, 0.15) is 6.04 Å². The molecule has 1 fully saturated rings. The molecule has 1 saturated carbocycles. The number of hydrogen-bond donors (Lipinski definition) is 1. The Morgan fingerprint density at radius 1 is 1.09 bits per heavy atom. The van der Waals surface area contributed by atoms with Crippen LogP contribution < -0.4 is 5.32 Å². The van der Waals surface area contributed by atoms with Gasteiger partial charge in [-0.1, -0.05) is 59.8 Å². The Hall–Kier alpha value is -1.69. The van der Waals surface area contributed by atoms with Crippen LogP contribution in [0.15, 0.2) is 47.4 Å². The van der Waals surface area contributed by atoms with Gasteiger partial charge in [-0.15, -0.1) is 11.8 Å². The van der Waals surface area contributed by atoms with Crippen LogP contribution in [0.2, 0.25) is 10.0 Å². The Balaban J connectivity index is 1.67. The molecular formula is C25H30Cl2N2O2S. The third kappa shape index (κ3) is 7.16. The monoisotopic (exact) mass is 492 g/mol. The SMILES string of the molecule is Cc1ccc(SCCC(=O)N(Cc2ccc(Cl)c(Cl)c2)[C@@H](C)C(=O)NC2CCCC2)cc1. The fraction of sp³-hybridized carbons (Fsp3) is 0.440. The lowest BCUT2D eigenvalue weighted by molar-refractivity contribution is -0.140. The van der Waals surface area contributed by atoms with Gasteiger partial charge in [0.15, 0.2) is 0 Å². The Kier molecular flexibility index (Phi) is 9.33. The van der Waals surface area contributed by atoms with Crippen molar-refractivity contribution in [3.05, 3.63) is 63.6 Å². The van der Waals surface area contributed by atoms with Crippen molar-refractivity contribution in [1.82, 2.24) is 10.2 Å². The highest BCUT2D eigenvalue weighted by Crippen LogP contribution is 2.25. The molecule has 2 aromatic rings. The first kappa shape index (κ1) is 24.9. The zero-order chi connectivity index (χ0) is 23.1. The van der Waals surface area contributed by atoms with E-state index < -0.39 is 6.04 Å². The van der Waals surface area contributed by atoms with E-state index in [-0.39, 0.29) is 17.9 Å². The zero-order valence-electron chi connectivity index (χ0n) is 18.6. The maximum atomic E-state index is 13.2. The van der Waals surface area contributed by atoms with Crippen LogP contribution in [0.25, 0.3) is 0 Å². The lowest BCUT2D eigenvalue weighted by Gasteiger charge is -2.30. The molecule has 3 rings (SSSR count). The second-order valence-electron chi connectivity index (χ2n) is 8.35. The maximum Gasteiger partial charge on any atom is 0.242 e. The summed E-state index contributed by atoms with van der Waals surface area (Å²) >= 11 is 13.9. The maximum absolute atomic E-state index is 13.2. The van der Waals surface area contributed by atoms with Crippen LogP contribution in [-0.4, -0.2) is 34.6 Å². The van der Waals surface area contributed by atoms with Gasteiger partial charge in [-0.25, -0.2) is 0 Å². The second kappa shape index (κ2) is 12.0. The molecule has 1 aliphatic rings. The predicted octanol–water partition coefficient (Wildman–Crippen LogP) is 6.26. The van der Waals surface area contributed by atoms with E-state index in [1.165, 1.54) is 5.56 Å². The number of rotatable bonds is 9. The van der Waals surface area contributed by atoms with E-state index in [4.69, 9.17) is 23.2 Å². The Morgan fingerprint density at radius 2 is 1.78 bits per heavy atom. The van der Waals surface area contributed by atoms with Crippen molar-refractivity contribution in [1.29, 1.82) is 0 Å². The molecule has 0 radical (unpaired) electrons. The van der Waals surface area contributed by atoms with Crippen molar-refractivity contribution in [2.45, 2.75) is 69.5 Å². The number of carbonyl (C=O) groups excluding carboxylic acids is 2. The van der Waals surface area contributed by atoms with Gasteiger partial charge in [0.2, 0.25) is 11.8 Å². The number of nitrogens with zero attached hydrogens (tertiary/aromatic N) is 1. The largest absolute Gasteiger partial charge is 0.352 e. The van der Waals surface area contributed by atoms with Crippen LogP contribution in [0.4, 0.5) is 0 Å². The Morgan fingerprint density at radius 3 is 2.44 bits per heavy atom. The lowest BCUT2D eigenvalue weighted by atomic mass is 10.1. The standard InChI is InChI=1S/C25H30Cl2N2O2S/c1-17-7-10-21(11-8-17)32-14-13-24(30)29(16-19-9-12-22(26)23(27)15-19)18(2)25(31)28-20-5-3-4-6-20/h7-12,15,18,20H,3-6,13-14,16H2,1-2H3,(H,28,31)/t18-/m0/s1. The number of benzene rings is 2. The number of thioether (sulfide) groups is 1. The van der Waals surface area contributed by atoms with Crippen LogP contribution in [0.5, 0.6) is 0 Å². The Labute approximate surface area is 205 Å². The van der Waals surface area contributed by atoms with E-state index in [9.17, 15) is 9.59 Å². The number of nitrogens with one attached hydrogen (secondary N) is 1. The van der Waals surface area contributed by atoms with Crippen molar-refractivity contribution < 1.29 is 9.59 Å². The molecule has 4 nitrogen and oxygen atoms in total. The van der Waals surface area contributed by atoms with E-state index in [2.05, 4.69) is 36.5 Å². The molecule has 172 valence electrons. The number of aryl methyl sites for hydroxylation is 1. The minimum atomic E-state index is -0.568. The van der Waals surface area contributed by atoms with E-state index >= 15 is 0 Å². The molecule has 0 aromatic heterocycles. The van der Waals surface area contributed by atoms with Crippen molar-refractivity contribution in [3.63, 3.8) is 0 Å². The number of amides is 2. The van der Waals surface area contributed by atoms with Gasteiger partial charge in [0.05, 0.1) is 10.0 Å². The molecule has 2 aromatic carbocycles. The highest BCUT2D eigenvalue weighted by atomic mass is 35.5. The van der Waals surface area contributed by atoms with Gasteiger partial charge in [-0.2, -0.15) is 0 Å². The smallest absolute Gasteiger partial charge is 0.242 e. The van der Waals surface area contributed by atoms with Gasteiger partial charge in [0, 0.05) is 29.7 Å². The summed E-state index contributed by atoms with van der Waals surface area (Å²) in [5.41, 5.74) is 2.06. The predicted molar refractivity (Wildman–Crippen MR) is 133 cm³/mol. The average molecular weight is 494 g/mol. The van der Waals surface area contributed by atoms with Gasteiger partial charge in [-0.05, 0) is 56.5 Å². The third-order valence-electron chi connectivity index (χ3n) is 5.81.